The van der Waals surface area contributed by atoms with Gasteiger partial charge in [-0.05, 0) is 37.6 Å². The van der Waals surface area contributed by atoms with Crippen molar-refractivity contribution in [1.82, 2.24) is 10.2 Å². The van der Waals surface area contributed by atoms with Crippen molar-refractivity contribution < 1.29 is 23.9 Å². The first-order chi connectivity index (χ1) is 11.9. The highest BCUT2D eigenvalue weighted by Crippen LogP contribution is 2.22. The summed E-state index contributed by atoms with van der Waals surface area (Å²) in [5.41, 5.74) is 0.890. The van der Waals surface area contributed by atoms with Gasteiger partial charge in [-0.3, -0.25) is 14.4 Å². The molecule has 0 saturated carbocycles. The molecule has 2 amide bonds. The number of carbonyl (C=O) groups is 3. The van der Waals surface area contributed by atoms with Crippen LogP contribution in [-0.2, 0) is 19.1 Å². The van der Waals surface area contributed by atoms with Crippen LogP contribution in [0.15, 0.2) is 22.7 Å². The molecule has 1 heterocycles. The molecule has 136 valence electrons. The number of aryl methyl sites for hydroxylation is 1. The van der Waals surface area contributed by atoms with Crippen molar-refractivity contribution in [3.8, 4) is 5.75 Å². The van der Waals surface area contributed by atoms with Gasteiger partial charge in [0.05, 0.1) is 13.0 Å². The summed E-state index contributed by atoms with van der Waals surface area (Å²) in [6.07, 6.45) is -0.164. The van der Waals surface area contributed by atoms with Gasteiger partial charge >= 0.3 is 5.97 Å². The first-order valence-corrected chi connectivity index (χ1v) is 8.83. The van der Waals surface area contributed by atoms with Crippen LogP contribution in [0.2, 0.25) is 0 Å². The molecule has 1 aromatic carbocycles. The molecule has 8 heteroatoms. The van der Waals surface area contributed by atoms with E-state index < -0.39 is 12.0 Å². The highest BCUT2D eigenvalue weighted by atomic mass is 79.9. The van der Waals surface area contributed by atoms with Gasteiger partial charge < -0.3 is 19.7 Å². The minimum absolute atomic E-state index is 0.164. The van der Waals surface area contributed by atoms with E-state index >= 15 is 0 Å². The highest BCUT2D eigenvalue weighted by Gasteiger charge is 2.35. The topological polar surface area (TPSA) is 84.9 Å². The van der Waals surface area contributed by atoms with E-state index in [1.54, 1.807) is 13.0 Å². The molecule has 2 rings (SSSR count). The average molecular weight is 413 g/mol. The standard InChI is InChI=1S/C17H21BrN2O5/c1-3-24-16(22)9-13-17(23)19-6-7-20(13)15(21)10-25-14-5-4-12(18)8-11(14)2/h4-5,8,13H,3,6-7,9-10H2,1-2H3,(H,19,23)/t13-/m1/s1. The number of ether oxygens (including phenoxy) is 2. The fourth-order valence-corrected chi connectivity index (χ4v) is 3.07. The Hall–Kier alpha value is -2.09. The zero-order valence-corrected chi connectivity index (χ0v) is 15.8. The normalized spacial score (nSPS) is 17.0. The fraction of sp³-hybridized carbons (Fsp3) is 0.471. The molecule has 1 aromatic rings. The monoisotopic (exact) mass is 412 g/mol. The summed E-state index contributed by atoms with van der Waals surface area (Å²) in [7, 11) is 0. The number of esters is 1. The van der Waals surface area contributed by atoms with Crippen LogP contribution < -0.4 is 10.1 Å². The van der Waals surface area contributed by atoms with Crippen LogP contribution in [0.25, 0.3) is 0 Å². The van der Waals surface area contributed by atoms with E-state index in [0.29, 0.717) is 18.8 Å². The first kappa shape index (κ1) is 19.2. The third kappa shape index (κ3) is 5.19. The lowest BCUT2D eigenvalue weighted by atomic mass is 10.1. The number of hydrogen-bond acceptors (Lipinski definition) is 5. The molecule has 0 spiro atoms. The van der Waals surface area contributed by atoms with Crippen molar-refractivity contribution in [3.63, 3.8) is 0 Å². The minimum atomic E-state index is -0.866. The van der Waals surface area contributed by atoms with Crippen molar-refractivity contribution in [2.24, 2.45) is 0 Å². The lowest BCUT2D eigenvalue weighted by Gasteiger charge is -2.34. The van der Waals surface area contributed by atoms with Gasteiger partial charge in [-0.1, -0.05) is 15.9 Å². The zero-order chi connectivity index (χ0) is 18.4. The number of piperazine rings is 1. The van der Waals surface area contributed by atoms with E-state index in [2.05, 4.69) is 21.2 Å². The molecule has 1 saturated heterocycles. The Bertz CT molecular complexity index is 664. The lowest BCUT2D eigenvalue weighted by molar-refractivity contribution is -0.152. The molecule has 0 aromatic heterocycles. The van der Waals surface area contributed by atoms with Crippen LogP contribution in [-0.4, -0.2) is 55.0 Å². The summed E-state index contributed by atoms with van der Waals surface area (Å²) in [6.45, 7) is 4.28. The summed E-state index contributed by atoms with van der Waals surface area (Å²) in [6, 6.07) is 4.61. The van der Waals surface area contributed by atoms with Crippen LogP contribution >= 0.6 is 15.9 Å². The maximum atomic E-state index is 12.5. The SMILES string of the molecule is CCOC(=O)C[C@@H]1C(=O)NCCN1C(=O)COc1ccc(Br)cc1C. The average Bonchev–Trinajstić information content (AvgIpc) is 2.56. The second kappa shape index (κ2) is 8.84. The van der Waals surface area contributed by atoms with Crippen LogP contribution in [0.3, 0.4) is 0 Å². The molecule has 1 aliphatic heterocycles. The third-order valence-electron chi connectivity index (χ3n) is 3.80. The van der Waals surface area contributed by atoms with Gasteiger partial charge in [-0.15, -0.1) is 0 Å². The van der Waals surface area contributed by atoms with Crippen molar-refractivity contribution in [1.29, 1.82) is 0 Å². The molecular weight excluding hydrogens is 392 g/mol. The summed E-state index contributed by atoms with van der Waals surface area (Å²) >= 11 is 3.37. The molecule has 0 radical (unpaired) electrons. The van der Waals surface area contributed by atoms with Gasteiger partial charge in [0.15, 0.2) is 6.61 Å². The Labute approximate surface area is 154 Å². The number of halogens is 1. The van der Waals surface area contributed by atoms with E-state index in [-0.39, 0.29) is 31.4 Å². The van der Waals surface area contributed by atoms with Crippen molar-refractivity contribution in [2.75, 3.05) is 26.3 Å². The number of amides is 2. The number of benzene rings is 1. The van der Waals surface area contributed by atoms with Crippen LogP contribution in [0.5, 0.6) is 5.75 Å². The molecule has 1 aliphatic rings. The predicted octanol–water partition coefficient (Wildman–Crippen LogP) is 1.42. The van der Waals surface area contributed by atoms with Crippen LogP contribution in [0, 0.1) is 6.92 Å². The molecule has 25 heavy (non-hydrogen) atoms. The molecule has 0 aliphatic carbocycles. The molecule has 0 unspecified atom stereocenters. The summed E-state index contributed by atoms with van der Waals surface area (Å²) in [4.78, 5) is 37.6. The Morgan fingerprint density at radius 1 is 1.40 bits per heavy atom. The number of hydrogen-bond donors (Lipinski definition) is 1. The second-order valence-electron chi connectivity index (χ2n) is 5.60. The van der Waals surface area contributed by atoms with E-state index in [4.69, 9.17) is 9.47 Å². The second-order valence-corrected chi connectivity index (χ2v) is 6.52. The van der Waals surface area contributed by atoms with E-state index in [9.17, 15) is 14.4 Å². The third-order valence-corrected chi connectivity index (χ3v) is 4.30. The molecule has 1 atom stereocenters. The summed E-state index contributed by atoms with van der Waals surface area (Å²) in [5, 5.41) is 2.67. The Morgan fingerprint density at radius 2 is 2.16 bits per heavy atom. The highest BCUT2D eigenvalue weighted by molar-refractivity contribution is 9.10. The van der Waals surface area contributed by atoms with E-state index in [0.717, 1.165) is 10.0 Å². The molecule has 0 bridgehead atoms. The smallest absolute Gasteiger partial charge is 0.308 e. The quantitative estimate of drug-likeness (QED) is 0.714. The molecule has 7 nitrogen and oxygen atoms in total. The number of nitrogens with one attached hydrogen (secondary N) is 1. The van der Waals surface area contributed by atoms with Crippen molar-refractivity contribution in [2.45, 2.75) is 26.3 Å². The lowest BCUT2D eigenvalue weighted by Crippen LogP contribution is -2.58. The Kier molecular flexibility index (Phi) is 6.81. The summed E-state index contributed by atoms with van der Waals surface area (Å²) < 4.78 is 11.4. The minimum Gasteiger partial charge on any atom is -0.483 e. The van der Waals surface area contributed by atoms with Crippen LogP contribution in [0.1, 0.15) is 18.9 Å². The van der Waals surface area contributed by atoms with Gasteiger partial charge in [0.25, 0.3) is 5.91 Å². The van der Waals surface area contributed by atoms with Gasteiger partial charge in [0.1, 0.15) is 11.8 Å². The maximum absolute atomic E-state index is 12.5. The largest absolute Gasteiger partial charge is 0.483 e. The Balaban J connectivity index is 2.01. The molecule has 1 fully saturated rings. The summed E-state index contributed by atoms with van der Waals surface area (Å²) in [5.74, 6) is -0.606. The van der Waals surface area contributed by atoms with Gasteiger partial charge in [-0.2, -0.15) is 0 Å². The predicted molar refractivity (Wildman–Crippen MR) is 94.1 cm³/mol. The van der Waals surface area contributed by atoms with Crippen molar-refractivity contribution >= 4 is 33.7 Å². The number of carbonyl (C=O) groups excluding carboxylic acids is 3. The fourth-order valence-electron chi connectivity index (χ4n) is 2.59. The van der Waals surface area contributed by atoms with Crippen LogP contribution in [0.4, 0.5) is 0 Å². The first-order valence-electron chi connectivity index (χ1n) is 8.04. The van der Waals surface area contributed by atoms with E-state index in [1.807, 2.05) is 19.1 Å². The molecular formula is C17H21BrN2O5. The van der Waals surface area contributed by atoms with Gasteiger partial charge in [-0.25, -0.2) is 0 Å². The number of rotatable bonds is 6. The maximum Gasteiger partial charge on any atom is 0.308 e. The van der Waals surface area contributed by atoms with Gasteiger partial charge in [0.2, 0.25) is 5.91 Å². The van der Waals surface area contributed by atoms with E-state index in [1.165, 1.54) is 4.90 Å². The number of nitrogens with zero attached hydrogens (tertiary/aromatic N) is 1. The zero-order valence-electron chi connectivity index (χ0n) is 14.2. The van der Waals surface area contributed by atoms with Crippen molar-refractivity contribution in [3.05, 3.63) is 28.2 Å². The Morgan fingerprint density at radius 3 is 2.84 bits per heavy atom. The molecule has 1 N–H and O–H groups in total. The van der Waals surface area contributed by atoms with Gasteiger partial charge in [0, 0.05) is 17.6 Å².